The van der Waals surface area contributed by atoms with Crippen molar-refractivity contribution in [1.82, 2.24) is 0 Å². The highest BCUT2D eigenvalue weighted by Gasteiger charge is 2.21. The van der Waals surface area contributed by atoms with Gasteiger partial charge >= 0.3 is 11.9 Å². The summed E-state index contributed by atoms with van der Waals surface area (Å²) in [5.74, 6) is 1.06. The monoisotopic (exact) mass is 554 g/mol. The van der Waals surface area contributed by atoms with Gasteiger partial charge in [0.25, 0.3) is 0 Å². The summed E-state index contributed by atoms with van der Waals surface area (Å²) in [4.78, 5) is 24.7. The van der Waals surface area contributed by atoms with Gasteiger partial charge in [-0.05, 0) is 24.0 Å². The van der Waals surface area contributed by atoms with Gasteiger partial charge in [-0.25, -0.2) is 9.59 Å². The van der Waals surface area contributed by atoms with Gasteiger partial charge in [-0.1, -0.05) is 44.3 Å². The number of hydrogen-bond donors (Lipinski definition) is 0. The van der Waals surface area contributed by atoms with E-state index < -0.39 is 24.1 Å². The SMILES string of the molecule is C=CC(=O)OC(COC)COc1c2ccccc2c(OCC(COC)OC(=O)C=C)c2cc(SCC)ccc12. The minimum atomic E-state index is -0.632. The number of carbonyl (C=O) groups is 2. The van der Waals surface area contributed by atoms with Crippen molar-refractivity contribution in [3.05, 3.63) is 67.8 Å². The molecule has 0 saturated carbocycles. The van der Waals surface area contributed by atoms with E-state index in [1.807, 2.05) is 36.4 Å². The topological polar surface area (TPSA) is 89.5 Å². The molecule has 2 atom stereocenters. The zero-order chi connectivity index (χ0) is 28.2. The minimum absolute atomic E-state index is 0.0747. The van der Waals surface area contributed by atoms with E-state index in [4.69, 9.17) is 28.4 Å². The molecule has 0 spiro atoms. The van der Waals surface area contributed by atoms with Crippen LogP contribution in [0.3, 0.4) is 0 Å². The Morgan fingerprint density at radius 1 is 0.769 bits per heavy atom. The smallest absolute Gasteiger partial charge is 0.330 e. The average Bonchev–Trinajstić information content (AvgIpc) is 2.94. The van der Waals surface area contributed by atoms with Crippen molar-refractivity contribution in [1.29, 1.82) is 0 Å². The predicted octanol–water partition coefficient (Wildman–Crippen LogP) is 5.35. The van der Waals surface area contributed by atoms with Gasteiger partial charge in [0.2, 0.25) is 0 Å². The lowest BCUT2D eigenvalue weighted by atomic mass is 10.0. The van der Waals surface area contributed by atoms with E-state index in [2.05, 4.69) is 26.1 Å². The highest BCUT2D eigenvalue weighted by Crippen LogP contribution is 2.44. The number of thioether (sulfide) groups is 1. The van der Waals surface area contributed by atoms with E-state index in [1.165, 1.54) is 14.2 Å². The third kappa shape index (κ3) is 7.98. The molecular weight excluding hydrogens is 520 g/mol. The normalized spacial score (nSPS) is 12.5. The Labute approximate surface area is 232 Å². The molecule has 0 aliphatic carbocycles. The van der Waals surface area contributed by atoms with Crippen LogP contribution in [0.1, 0.15) is 6.92 Å². The van der Waals surface area contributed by atoms with Crippen LogP contribution in [0.5, 0.6) is 11.5 Å². The van der Waals surface area contributed by atoms with Crippen molar-refractivity contribution in [2.75, 3.05) is 46.4 Å². The Balaban J connectivity index is 2.08. The van der Waals surface area contributed by atoms with Crippen LogP contribution >= 0.6 is 11.8 Å². The number of methoxy groups -OCH3 is 2. The van der Waals surface area contributed by atoms with Crippen molar-refractivity contribution < 1.29 is 38.0 Å². The average molecular weight is 555 g/mol. The van der Waals surface area contributed by atoms with Crippen LogP contribution in [0.15, 0.2) is 72.7 Å². The summed E-state index contributed by atoms with van der Waals surface area (Å²) in [5, 5.41) is 3.28. The Kier molecular flexibility index (Phi) is 11.7. The van der Waals surface area contributed by atoms with Crippen molar-refractivity contribution in [2.45, 2.75) is 24.0 Å². The molecule has 0 radical (unpaired) electrons. The van der Waals surface area contributed by atoms with E-state index in [-0.39, 0.29) is 26.4 Å². The number of hydrogen-bond acceptors (Lipinski definition) is 9. The quantitative estimate of drug-likeness (QED) is 0.101. The number of benzene rings is 3. The standard InChI is InChI=1S/C30H34O8S/c1-6-27(31)37-20(16-33-4)18-35-29-23-11-9-10-12-24(23)30(26-15-22(39-8-3)13-14-25(26)29)36-19-21(17-34-5)38-28(32)7-2/h6-7,9-15,20-21H,1-2,8,16-19H2,3-5H3. The molecule has 3 aromatic carbocycles. The highest BCUT2D eigenvalue weighted by molar-refractivity contribution is 7.99. The van der Waals surface area contributed by atoms with Crippen molar-refractivity contribution >= 4 is 45.2 Å². The third-order valence-corrected chi connectivity index (χ3v) is 6.51. The molecule has 0 saturated heterocycles. The molecule has 3 aromatic rings. The first-order valence-electron chi connectivity index (χ1n) is 12.5. The molecule has 0 N–H and O–H groups in total. The fourth-order valence-electron chi connectivity index (χ4n) is 4.03. The summed E-state index contributed by atoms with van der Waals surface area (Å²) in [6.07, 6.45) is 0.953. The van der Waals surface area contributed by atoms with Crippen molar-refractivity contribution in [3.8, 4) is 11.5 Å². The van der Waals surface area contributed by atoms with Crippen LogP contribution in [0, 0.1) is 0 Å². The molecule has 0 aromatic heterocycles. The van der Waals surface area contributed by atoms with Crippen LogP contribution in [-0.2, 0) is 28.5 Å². The lowest BCUT2D eigenvalue weighted by Gasteiger charge is -2.22. The molecule has 39 heavy (non-hydrogen) atoms. The van der Waals surface area contributed by atoms with Crippen LogP contribution in [0.4, 0.5) is 0 Å². The fourth-order valence-corrected chi connectivity index (χ4v) is 4.73. The molecule has 0 aliphatic heterocycles. The van der Waals surface area contributed by atoms with Gasteiger partial charge in [0.1, 0.15) is 24.7 Å². The van der Waals surface area contributed by atoms with Crippen molar-refractivity contribution in [3.63, 3.8) is 0 Å². The Bertz CT molecular complexity index is 1310. The number of rotatable bonds is 16. The molecule has 0 aliphatic rings. The fraction of sp³-hybridized carbons (Fsp3) is 0.333. The lowest BCUT2D eigenvalue weighted by molar-refractivity contribution is -0.148. The Morgan fingerprint density at radius 2 is 1.26 bits per heavy atom. The number of fused-ring (bicyclic) bond motifs is 2. The van der Waals surface area contributed by atoms with E-state index in [0.717, 1.165) is 44.3 Å². The Hall–Kier alpha value is -3.53. The zero-order valence-corrected chi connectivity index (χ0v) is 23.3. The largest absolute Gasteiger partial charge is 0.488 e. The van der Waals surface area contributed by atoms with E-state index in [9.17, 15) is 9.59 Å². The molecule has 208 valence electrons. The molecule has 0 bridgehead atoms. The van der Waals surface area contributed by atoms with Crippen LogP contribution in [0.2, 0.25) is 0 Å². The maximum atomic E-state index is 11.8. The van der Waals surface area contributed by atoms with Crippen molar-refractivity contribution in [2.24, 2.45) is 0 Å². The summed E-state index contributed by atoms with van der Waals surface area (Å²) >= 11 is 1.71. The van der Waals surface area contributed by atoms with Crippen LogP contribution < -0.4 is 9.47 Å². The third-order valence-electron chi connectivity index (χ3n) is 5.64. The number of esters is 2. The molecule has 0 fully saturated rings. The minimum Gasteiger partial charge on any atom is -0.488 e. The van der Waals surface area contributed by atoms with E-state index >= 15 is 0 Å². The summed E-state index contributed by atoms with van der Waals surface area (Å²) in [5.41, 5.74) is 0. The van der Waals surface area contributed by atoms with Gasteiger partial charge in [0.05, 0.1) is 13.2 Å². The predicted molar refractivity (Wildman–Crippen MR) is 153 cm³/mol. The molecule has 0 heterocycles. The van der Waals surface area contributed by atoms with Gasteiger partial charge in [-0.15, -0.1) is 11.8 Å². The first-order valence-corrected chi connectivity index (χ1v) is 13.4. The van der Waals surface area contributed by atoms with Gasteiger partial charge in [-0.3, -0.25) is 0 Å². The highest BCUT2D eigenvalue weighted by atomic mass is 32.2. The maximum absolute atomic E-state index is 11.8. The van der Waals surface area contributed by atoms with Gasteiger partial charge in [0, 0.05) is 52.8 Å². The second kappa shape index (κ2) is 15.2. The maximum Gasteiger partial charge on any atom is 0.330 e. The van der Waals surface area contributed by atoms with E-state index in [1.54, 1.807) is 11.8 Å². The van der Waals surface area contributed by atoms with Gasteiger partial charge in [-0.2, -0.15) is 0 Å². The molecule has 8 nitrogen and oxygen atoms in total. The lowest BCUT2D eigenvalue weighted by Crippen LogP contribution is -2.29. The Morgan fingerprint density at radius 3 is 1.72 bits per heavy atom. The van der Waals surface area contributed by atoms with E-state index in [0.29, 0.717) is 11.5 Å². The molecule has 0 amide bonds. The number of ether oxygens (including phenoxy) is 6. The van der Waals surface area contributed by atoms with Crippen LogP contribution in [0.25, 0.3) is 21.5 Å². The van der Waals surface area contributed by atoms with Crippen LogP contribution in [-0.4, -0.2) is 70.5 Å². The molecular formula is C30H34O8S. The second-order valence-corrected chi connectivity index (χ2v) is 9.74. The first-order chi connectivity index (χ1) is 18.9. The summed E-state index contributed by atoms with van der Waals surface area (Å²) in [7, 11) is 3.06. The van der Waals surface area contributed by atoms with Gasteiger partial charge < -0.3 is 28.4 Å². The molecule has 9 heteroatoms. The number of carbonyl (C=O) groups excluding carboxylic acids is 2. The molecule has 2 unspecified atom stereocenters. The molecule has 3 rings (SSSR count). The van der Waals surface area contributed by atoms with Gasteiger partial charge in [0.15, 0.2) is 12.2 Å². The summed E-state index contributed by atoms with van der Waals surface area (Å²) < 4.78 is 33.9. The summed E-state index contributed by atoms with van der Waals surface area (Å²) in [6.45, 7) is 9.48. The second-order valence-electron chi connectivity index (χ2n) is 8.40. The first kappa shape index (κ1) is 30.0. The summed E-state index contributed by atoms with van der Waals surface area (Å²) in [6, 6.07) is 13.8. The zero-order valence-electron chi connectivity index (χ0n) is 22.5.